The highest BCUT2D eigenvalue weighted by molar-refractivity contribution is 7.10. The van der Waals surface area contributed by atoms with Crippen molar-refractivity contribution in [3.05, 3.63) is 22.4 Å². The SMILES string of the molecule is CCCNC1CCCCCC1c1cccs1. The minimum absolute atomic E-state index is 0.723. The maximum atomic E-state index is 3.76. The van der Waals surface area contributed by atoms with Gasteiger partial charge in [0.25, 0.3) is 0 Å². The molecule has 1 fully saturated rings. The molecule has 0 aromatic carbocycles. The lowest BCUT2D eigenvalue weighted by atomic mass is 9.93. The Labute approximate surface area is 103 Å². The Morgan fingerprint density at radius 2 is 2.19 bits per heavy atom. The Bertz CT molecular complexity index is 281. The molecule has 1 saturated carbocycles. The van der Waals surface area contributed by atoms with Gasteiger partial charge in [-0.2, -0.15) is 0 Å². The summed E-state index contributed by atoms with van der Waals surface area (Å²) in [5.41, 5.74) is 0. The maximum Gasteiger partial charge on any atom is 0.0144 e. The monoisotopic (exact) mass is 237 g/mol. The topological polar surface area (TPSA) is 12.0 Å². The van der Waals surface area contributed by atoms with Crippen molar-refractivity contribution in [2.45, 2.75) is 57.4 Å². The summed E-state index contributed by atoms with van der Waals surface area (Å²) in [6.45, 7) is 3.43. The van der Waals surface area contributed by atoms with Gasteiger partial charge in [-0.3, -0.25) is 0 Å². The van der Waals surface area contributed by atoms with E-state index >= 15 is 0 Å². The molecule has 0 amide bonds. The smallest absolute Gasteiger partial charge is 0.0144 e. The van der Waals surface area contributed by atoms with Crippen LogP contribution in [0.4, 0.5) is 0 Å². The molecule has 0 saturated heterocycles. The van der Waals surface area contributed by atoms with Crippen molar-refractivity contribution in [2.75, 3.05) is 6.54 Å². The van der Waals surface area contributed by atoms with E-state index in [1.165, 1.54) is 45.1 Å². The molecule has 0 spiro atoms. The van der Waals surface area contributed by atoms with Crippen molar-refractivity contribution in [3.63, 3.8) is 0 Å². The van der Waals surface area contributed by atoms with E-state index in [-0.39, 0.29) is 0 Å². The van der Waals surface area contributed by atoms with Gasteiger partial charge >= 0.3 is 0 Å². The Balaban J connectivity index is 2.04. The third-order valence-corrected chi connectivity index (χ3v) is 4.59. The molecule has 1 heterocycles. The molecule has 2 unspecified atom stereocenters. The second kappa shape index (κ2) is 6.41. The summed E-state index contributed by atoms with van der Waals surface area (Å²) in [5, 5.41) is 5.98. The fourth-order valence-electron chi connectivity index (χ4n) is 2.72. The van der Waals surface area contributed by atoms with E-state index in [9.17, 15) is 0 Å². The minimum Gasteiger partial charge on any atom is -0.313 e. The zero-order chi connectivity index (χ0) is 11.2. The van der Waals surface area contributed by atoms with Crippen LogP contribution in [-0.4, -0.2) is 12.6 Å². The van der Waals surface area contributed by atoms with Crippen LogP contribution in [0, 0.1) is 0 Å². The minimum atomic E-state index is 0.723. The first-order valence-corrected chi connectivity index (χ1v) is 7.56. The Morgan fingerprint density at radius 1 is 1.31 bits per heavy atom. The summed E-state index contributed by atoms with van der Waals surface area (Å²) in [4.78, 5) is 1.59. The summed E-state index contributed by atoms with van der Waals surface area (Å²) >= 11 is 1.94. The molecule has 1 aromatic heterocycles. The third kappa shape index (κ3) is 3.08. The predicted octanol–water partition coefficient (Wildman–Crippen LogP) is 4.16. The highest BCUT2D eigenvalue weighted by Gasteiger charge is 2.24. The number of hydrogen-bond donors (Lipinski definition) is 1. The van der Waals surface area contributed by atoms with Gasteiger partial charge in [-0.1, -0.05) is 32.3 Å². The van der Waals surface area contributed by atoms with Gasteiger partial charge in [0.2, 0.25) is 0 Å². The first kappa shape index (κ1) is 12.1. The number of rotatable bonds is 4. The zero-order valence-corrected chi connectivity index (χ0v) is 11.1. The van der Waals surface area contributed by atoms with Crippen LogP contribution < -0.4 is 5.32 Å². The molecule has 0 bridgehead atoms. The van der Waals surface area contributed by atoms with Gasteiger partial charge in [0, 0.05) is 16.8 Å². The lowest BCUT2D eigenvalue weighted by molar-refractivity contribution is 0.415. The fraction of sp³-hybridized carbons (Fsp3) is 0.714. The molecule has 2 heteroatoms. The molecular weight excluding hydrogens is 214 g/mol. The molecule has 0 radical (unpaired) electrons. The van der Waals surface area contributed by atoms with E-state index in [1.54, 1.807) is 4.88 Å². The Kier molecular flexibility index (Phi) is 4.86. The average Bonchev–Trinajstić information content (AvgIpc) is 2.73. The summed E-state index contributed by atoms with van der Waals surface area (Å²) in [5.74, 6) is 0.772. The summed E-state index contributed by atoms with van der Waals surface area (Å²) < 4.78 is 0. The van der Waals surface area contributed by atoms with Crippen molar-refractivity contribution in [3.8, 4) is 0 Å². The van der Waals surface area contributed by atoms with Gasteiger partial charge in [0.05, 0.1) is 0 Å². The van der Waals surface area contributed by atoms with Crippen LogP contribution in [-0.2, 0) is 0 Å². The van der Waals surface area contributed by atoms with Gasteiger partial charge < -0.3 is 5.32 Å². The second-order valence-corrected chi connectivity index (χ2v) is 5.80. The molecule has 2 atom stereocenters. The molecule has 1 aliphatic carbocycles. The van der Waals surface area contributed by atoms with E-state index in [4.69, 9.17) is 0 Å². The average molecular weight is 237 g/mol. The molecule has 16 heavy (non-hydrogen) atoms. The molecule has 0 aliphatic heterocycles. The molecule has 1 N–H and O–H groups in total. The number of nitrogens with one attached hydrogen (secondary N) is 1. The van der Waals surface area contributed by atoms with Gasteiger partial charge in [-0.05, 0) is 37.3 Å². The van der Waals surface area contributed by atoms with Crippen LogP contribution in [0.3, 0.4) is 0 Å². The zero-order valence-electron chi connectivity index (χ0n) is 10.2. The highest BCUT2D eigenvalue weighted by Crippen LogP contribution is 2.34. The Hall–Kier alpha value is -0.340. The van der Waals surface area contributed by atoms with Crippen molar-refractivity contribution in [2.24, 2.45) is 0 Å². The first-order valence-electron chi connectivity index (χ1n) is 6.68. The van der Waals surface area contributed by atoms with E-state index < -0.39 is 0 Å². The molecule has 2 rings (SSSR count). The fourth-order valence-corrected chi connectivity index (χ4v) is 3.65. The van der Waals surface area contributed by atoms with Crippen LogP contribution >= 0.6 is 11.3 Å². The van der Waals surface area contributed by atoms with Crippen LogP contribution in [0.2, 0.25) is 0 Å². The number of hydrogen-bond acceptors (Lipinski definition) is 2. The predicted molar refractivity (Wildman–Crippen MR) is 72.2 cm³/mol. The largest absolute Gasteiger partial charge is 0.313 e. The van der Waals surface area contributed by atoms with Crippen LogP contribution in [0.1, 0.15) is 56.2 Å². The quantitative estimate of drug-likeness (QED) is 0.775. The van der Waals surface area contributed by atoms with E-state index in [2.05, 4.69) is 29.8 Å². The number of thiophene rings is 1. The van der Waals surface area contributed by atoms with Crippen LogP contribution in [0.15, 0.2) is 17.5 Å². The van der Waals surface area contributed by atoms with E-state index in [1.807, 2.05) is 11.3 Å². The van der Waals surface area contributed by atoms with Crippen LogP contribution in [0.25, 0.3) is 0 Å². The molecule has 90 valence electrons. The van der Waals surface area contributed by atoms with Gasteiger partial charge in [0.1, 0.15) is 0 Å². The Morgan fingerprint density at radius 3 is 2.94 bits per heavy atom. The van der Waals surface area contributed by atoms with Crippen molar-refractivity contribution in [1.82, 2.24) is 5.32 Å². The maximum absolute atomic E-state index is 3.76. The summed E-state index contributed by atoms with van der Waals surface area (Å²) in [7, 11) is 0. The van der Waals surface area contributed by atoms with Crippen molar-refractivity contribution < 1.29 is 0 Å². The second-order valence-electron chi connectivity index (χ2n) is 4.82. The van der Waals surface area contributed by atoms with Crippen molar-refractivity contribution in [1.29, 1.82) is 0 Å². The van der Waals surface area contributed by atoms with Gasteiger partial charge in [-0.25, -0.2) is 0 Å². The summed E-state index contributed by atoms with van der Waals surface area (Å²) in [6.07, 6.45) is 8.22. The lowest BCUT2D eigenvalue weighted by Gasteiger charge is -2.25. The molecular formula is C14H23NS. The van der Waals surface area contributed by atoms with Gasteiger partial charge in [0.15, 0.2) is 0 Å². The normalized spacial score (nSPS) is 26.6. The first-order chi connectivity index (χ1) is 7.92. The standard InChI is InChI=1S/C14H23NS/c1-2-10-15-13-8-5-3-4-7-12(13)14-9-6-11-16-14/h6,9,11-13,15H,2-5,7-8,10H2,1H3. The van der Waals surface area contributed by atoms with E-state index in [0.29, 0.717) is 0 Å². The highest BCUT2D eigenvalue weighted by atomic mass is 32.1. The van der Waals surface area contributed by atoms with E-state index in [0.717, 1.165) is 12.0 Å². The van der Waals surface area contributed by atoms with Gasteiger partial charge in [-0.15, -0.1) is 11.3 Å². The lowest BCUT2D eigenvalue weighted by Crippen LogP contribution is -2.34. The molecule has 1 aliphatic rings. The molecule has 1 aromatic rings. The summed E-state index contributed by atoms with van der Waals surface area (Å²) in [6, 6.07) is 5.24. The molecule has 1 nitrogen and oxygen atoms in total. The van der Waals surface area contributed by atoms with Crippen molar-refractivity contribution >= 4 is 11.3 Å². The third-order valence-electron chi connectivity index (χ3n) is 3.58. The van der Waals surface area contributed by atoms with Crippen LogP contribution in [0.5, 0.6) is 0 Å².